The molecule has 4 heterocycles. The molecule has 2 saturated heterocycles. The number of hydrogen-bond donors (Lipinski definition) is 1. The lowest BCUT2D eigenvalue weighted by Gasteiger charge is -2.33. The van der Waals surface area contributed by atoms with E-state index in [2.05, 4.69) is 32.2 Å². The van der Waals surface area contributed by atoms with Gasteiger partial charge in [0.05, 0.1) is 11.2 Å². The summed E-state index contributed by atoms with van der Waals surface area (Å²) in [6.07, 6.45) is 7.92. The average Bonchev–Trinajstić information content (AvgIpc) is 3.70. The third kappa shape index (κ3) is 4.37. The van der Waals surface area contributed by atoms with E-state index in [9.17, 15) is 4.39 Å². The van der Waals surface area contributed by atoms with Gasteiger partial charge in [-0.25, -0.2) is 14.4 Å². The second-order valence-corrected chi connectivity index (χ2v) is 10.3. The Labute approximate surface area is 188 Å². The summed E-state index contributed by atoms with van der Waals surface area (Å²) in [4.78, 5) is 14.2. The van der Waals surface area contributed by atoms with Crippen LogP contribution in [0.3, 0.4) is 0 Å². The van der Waals surface area contributed by atoms with E-state index in [-0.39, 0.29) is 5.02 Å². The van der Waals surface area contributed by atoms with Crippen LogP contribution < -0.4 is 10.2 Å². The van der Waals surface area contributed by atoms with Gasteiger partial charge in [0.1, 0.15) is 23.3 Å². The number of likely N-dealkylation sites (tertiary alicyclic amines) is 1. The summed E-state index contributed by atoms with van der Waals surface area (Å²) in [7, 11) is 0. The lowest BCUT2D eigenvalue weighted by atomic mass is 9.89. The molecule has 31 heavy (non-hydrogen) atoms. The molecule has 4 fully saturated rings. The summed E-state index contributed by atoms with van der Waals surface area (Å²) in [5.74, 6) is 4.93. The molecular formula is C24H29ClFN5. The van der Waals surface area contributed by atoms with Gasteiger partial charge >= 0.3 is 0 Å². The van der Waals surface area contributed by atoms with E-state index in [0.29, 0.717) is 11.7 Å². The SMILES string of the molecule is Fc1cc(Nc2cc(C3CCN(CC4CC4)CC3)cc(N3CC4CC4C3)n2)ncc1Cl. The number of aromatic nitrogens is 2. The molecule has 0 bridgehead atoms. The van der Waals surface area contributed by atoms with Crippen molar-refractivity contribution >= 4 is 29.1 Å². The summed E-state index contributed by atoms with van der Waals surface area (Å²) in [6, 6.07) is 5.76. The fourth-order valence-electron chi connectivity index (χ4n) is 5.31. The normalized spacial score (nSPS) is 26.2. The molecule has 2 saturated carbocycles. The fraction of sp³-hybridized carbons (Fsp3) is 0.583. The smallest absolute Gasteiger partial charge is 0.147 e. The molecule has 0 amide bonds. The molecule has 2 aliphatic carbocycles. The summed E-state index contributed by atoms with van der Waals surface area (Å²) in [5, 5.41) is 3.25. The van der Waals surface area contributed by atoms with Crippen LogP contribution in [0.25, 0.3) is 0 Å². The number of nitrogens with one attached hydrogen (secondary N) is 1. The Morgan fingerprint density at radius 1 is 1.03 bits per heavy atom. The molecule has 4 aliphatic rings. The van der Waals surface area contributed by atoms with Gasteiger partial charge in [-0.1, -0.05) is 11.6 Å². The summed E-state index contributed by atoms with van der Waals surface area (Å²) >= 11 is 5.80. The van der Waals surface area contributed by atoms with Gasteiger partial charge in [-0.05, 0) is 86.6 Å². The summed E-state index contributed by atoms with van der Waals surface area (Å²) < 4.78 is 13.9. The summed E-state index contributed by atoms with van der Waals surface area (Å²) in [5.41, 5.74) is 1.34. The number of anilines is 3. The predicted octanol–water partition coefficient (Wildman–Crippen LogP) is 5.06. The van der Waals surface area contributed by atoms with Crippen LogP contribution in [0.15, 0.2) is 24.4 Å². The molecule has 0 spiro atoms. The number of nitrogens with zero attached hydrogens (tertiary/aromatic N) is 4. The highest BCUT2D eigenvalue weighted by Crippen LogP contribution is 2.46. The quantitative estimate of drug-likeness (QED) is 0.678. The maximum Gasteiger partial charge on any atom is 0.147 e. The van der Waals surface area contributed by atoms with E-state index in [1.807, 2.05) is 0 Å². The summed E-state index contributed by atoms with van der Waals surface area (Å²) in [6.45, 7) is 5.85. The number of rotatable bonds is 6. The first-order chi connectivity index (χ1) is 15.1. The average molecular weight is 442 g/mol. The molecule has 2 aromatic rings. The molecule has 164 valence electrons. The maximum absolute atomic E-state index is 13.9. The number of piperidine rings is 2. The Balaban J connectivity index is 1.23. The highest BCUT2D eigenvalue weighted by molar-refractivity contribution is 6.30. The first-order valence-electron chi connectivity index (χ1n) is 11.7. The Hall–Kier alpha value is -1.92. The van der Waals surface area contributed by atoms with Crippen molar-refractivity contribution in [2.45, 2.75) is 38.0 Å². The first-order valence-corrected chi connectivity index (χ1v) is 12.1. The molecule has 0 radical (unpaired) electrons. The van der Waals surface area contributed by atoms with Crippen LogP contribution in [0.4, 0.5) is 21.8 Å². The second-order valence-electron chi connectivity index (χ2n) is 9.93. The van der Waals surface area contributed by atoms with Gasteiger partial charge in [0.15, 0.2) is 0 Å². The van der Waals surface area contributed by atoms with Gasteiger partial charge in [0.25, 0.3) is 0 Å². The van der Waals surface area contributed by atoms with Crippen LogP contribution in [0.5, 0.6) is 0 Å². The van der Waals surface area contributed by atoms with Gasteiger partial charge in [-0.15, -0.1) is 0 Å². The molecule has 5 nitrogen and oxygen atoms in total. The van der Waals surface area contributed by atoms with E-state index in [1.165, 1.54) is 69.6 Å². The van der Waals surface area contributed by atoms with Crippen molar-refractivity contribution in [3.8, 4) is 0 Å². The molecule has 2 unspecified atom stereocenters. The fourth-order valence-corrected chi connectivity index (χ4v) is 5.42. The number of halogens is 2. The van der Waals surface area contributed by atoms with Crippen LogP contribution in [-0.2, 0) is 0 Å². The monoisotopic (exact) mass is 441 g/mol. The van der Waals surface area contributed by atoms with Gasteiger partial charge < -0.3 is 15.1 Å². The van der Waals surface area contributed by atoms with Gasteiger partial charge in [0, 0.05) is 25.7 Å². The zero-order valence-corrected chi connectivity index (χ0v) is 18.5. The van der Waals surface area contributed by atoms with Crippen molar-refractivity contribution in [2.75, 3.05) is 42.9 Å². The van der Waals surface area contributed by atoms with E-state index in [4.69, 9.17) is 16.6 Å². The molecule has 2 atom stereocenters. The molecular weight excluding hydrogens is 413 g/mol. The molecule has 6 rings (SSSR count). The van der Waals surface area contributed by atoms with E-state index >= 15 is 0 Å². The standard InChI is InChI=1S/C24H29ClFN5/c25-20-11-27-22(10-21(20)26)28-23-8-17(9-24(29-23)31-13-18-7-19(18)14-31)16-3-5-30(6-4-16)12-15-1-2-15/h8-11,15-16,18-19H,1-7,12-14H2,(H,27,28,29). The van der Waals surface area contributed by atoms with Crippen LogP contribution in [0.2, 0.25) is 5.02 Å². The lowest BCUT2D eigenvalue weighted by molar-refractivity contribution is 0.204. The highest BCUT2D eigenvalue weighted by Gasteiger charge is 2.45. The lowest BCUT2D eigenvalue weighted by Crippen LogP contribution is -2.34. The minimum atomic E-state index is -0.474. The first kappa shape index (κ1) is 19.7. The highest BCUT2D eigenvalue weighted by atomic mass is 35.5. The van der Waals surface area contributed by atoms with Crippen molar-refractivity contribution in [1.29, 1.82) is 0 Å². The van der Waals surface area contributed by atoms with Crippen LogP contribution in [0, 0.1) is 23.6 Å². The largest absolute Gasteiger partial charge is 0.356 e. The number of pyridine rings is 2. The van der Waals surface area contributed by atoms with Gasteiger partial charge in [0.2, 0.25) is 0 Å². The zero-order valence-electron chi connectivity index (χ0n) is 17.7. The number of fused-ring (bicyclic) bond motifs is 1. The molecule has 1 N–H and O–H groups in total. The minimum absolute atomic E-state index is 0.0298. The van der Waals surface area contributed by atoms with Crippen molar-refractivity contribution < 1.29 is 4.39 Å². The molecule has 7 heteroatoms. The van der Waals surface area contributed by atoms with E-state index < -0.39 is 5.82 Å². The molecule has 2 aliphatic heterocycles. The van der Waals surface area contributed by atoms with Crippen molar-refractivity contribution in [3.63, 3.8) is 0 Å². The van der Waals surface area contributed by atoms with Crippen molar-refractivity contribution in [3.05, 3.63) is 40.8 Å². The van der Waals surface area contributed by atoms with Crippen LogP contribution in [0.1, 0.15) is 43.6 Å². The Morgan fingerprint density at radius 2 is 1.81 bits per heavy atom. The van der Waals surface area contributed by atoms with Crippen LogP contribution >= 0.6 is 11.6 Å². The van der Waals surface area contributed by atoms with E-state index in [1.54, 1.807) is 0 Å². The minimum Gasteiger partial charge on any atom is -0.356 e. The molecule has 0 aromatic carbocycles. The second kappa shape index (κ2) is 7.89. The maximum atomic E-state index is 13.9. The Morgan fingerprint density at radius 3 is 2.52 bits per heavy atom. The van der Waals surface area contributed by atoms with Crippen LogP contribution in [-0.4, -0.2) is 47.6 Å². The van der Waals surface area contributed by atoms with E-state index in [0.717, 1.165) is 42.5 Å². The Kier molecular flexibility index (Phi) is 5.03. The molecule has 2 aromatic heterocycles. The Bertz CT molecular complexity index is 962. The third-order valence-corrected chi connectivity index (χ3v) is 7.75. The van der Waals surface area contributed by atoms with Gasteiger partial charge in [-0.2, -0.15) is 0 Å². The third-order valence-electron chi connectivity index (χ3n) is 7.47. The van der Waals surface area contributed by atoms with Crippen molar-refractivity contribution in [1.82, 2.24) is 14.9 Å². The van der Waals surface area contributed by atoms with Crippen molar-refractivity contribution in [2.24, 2.45) is 17.8 Å². The zero-order chi connectivity index (χ0) is 20.9. The predicted molar refractivity (Wildman–Crippen MR) is 122 cm³/mol. The van der Waals surface area contributed by atoms with Gasteiger partial charge in [-0.3, -0.25) is 0 Å². The topological polar surface area (TPSA) is 44.3 Å². The number of hydrogen-bond acceptors (Lipinski definition) is 5.